The first-order chi connectivity index (χ1) is 11.9. The fraction of sp³-hybridized carbons (Fsp3) is 0.273. The monoisotopic (exact) mass is 315 g/mol. The van der Waals surface area contributed by atoms with E-state index in [4.69, 9.17) is 4.74 Å². The normalized spacial score (nSPS) is 25.6. The van der Waals surface area contributed by atoms with Crippen LogP contribution in [-0.4, -0.2) is 6.61 Å². The van der Waals surface area contributed by atoms with Gasteiger partial charge in [-0.15, -0.1) is 0 Å². The van der Waals surface area contributed by atoms with Crippen molar-refractivity contribution in [3.05, 3.63) is 77.9 Å². The zero-order chi connectivity index (χ0) is 15.9. The third kappa shape index (κ3) is 2.14. The summed E-state index contributed by atoms with van der Waals surface area (Å²) in [5.41, 5.74) is 3.94. The molecular formula is C22H21NO. The summed E-state index contributed by atoms with van der Waals surface area (Å²) in [6.07, 6.45) is 2.54. The molecule has 0 radical (unpaired) electrons. The number of ether oxygens (including phenoxy) is 1. The molecule has 1 saturated heterocycles. The van der Waals surface area contributed by atoms with Crippen molar-refractivity contribution < 1.29 is 4.74 Å². The second-order valence-corrected chi connectivity index (χ2v) is 6.88. The highest BCUT2D eigenvalue weighted by Crippen LogP contribution is 2.50. The zero-order valence-electron chi connectivity index (χ0n) is 13.6. The van der Waals surface area contributed by atoms with Crippen LogP contribution in [0.4, 0.5) is 5.69 Å². The van der Waals surface area contributed by atoms with E-state index in [0.29, 0.717) is 12.0 Å². The fourth-order valence-electron chi connectivity index (χ4n) is 4.44. The first kappa shape index (κ1) is 14.1. The standard InChI is InChI=1S/C22H21NO/c1-2-8-16(9-3-1)21-18-11-6-14-24-22(18)20-17-10-5-4-7-15(17)12-13-19(20)23-21/h1-5,7-10,12-13,18,21-23H,6,11,14H2/t18-,21-,22-/m0/s1. The van der Waals surface area contributed by atoms with Crippen LogP contribution < -0.4 is 5.32 Å². The molecule has 2 aliphatic rings. The van der Waals surface area contributed by atoms with E-state index >= 15 is 0 Å². The van der Waals surface area contributed by atoms with Crippen molar-refractivity contribution in [1.29, 1.82) is 0 Å². The van der Waals surface area contributed by atoms with Crippen molar-refractivity contribution in [1.82, 2.24) is 0 Å². The quantitative estimate of drug-likeness (QED) is 0.642. The van der Waals surface area contributed by atoms with Crippen molar-refractivity contribution >= 4 is 16.5 Å². The molecule has 5 rings (SSSR count). The van der Waals surface area contributed by atoms with E-state index in [1.165, 1.54) is 34.0 Å². The summed E-state index contributed by atoms with van der Waals surface area (Å²) in [6.45, 7) is 0.866. The second-order valence-electron chi connectivity index (χ2n) is 6.88. The maximum Gasteiger partial charge on any atom is 0.0901 e. The van der Waals surface area contributed by atoms with E-state index < -0.39 is 0 Å². The first-order valence-electron chi connectivity index (χ1n) is 8.86. The van der Waals surface area contributed by atoms with Gasteiger partial charge in [0.1, 0.15) is 0 Å². The van der Waals surface area contributed by atoms with Crippen LogP contribution in [0.3, 0.4) is 0 Å². The molecule has 2 heterocycles. The van der Waals surface area contributed by atoms with Gasteiger partial charge in [-0.2, -0.15) is 0 Å². The molecule has 3 atom stereocenters. The van der Waals surface area contributed by atoms with Crippen LogP contribution in [0.1, 0.15) is 36.1 Å². The molecule has 0 amide bonds. The Balaban J connectivity index is 1.69. The van der Waals surface area contributed by atoms with Gasteiger partial charge in [-0.25, -0.2) is 0 Å². The summed E-state index contributed by atoms with van der Waals surface area (Å²) in [5, 5.41) is 6.45. The number of hydrogen-bond acceptors (Lipinski definition) is 2. The molecule has 0 saturated carbocycles. The van der Waals surface area contributed by atoms with Crippen LogP contribution in [0.15, 0.2) is 66.7 Å². The highest BCUT2D eigenvalue weighted by molar-refractivity contribution is 5.91. The number of rotatable bonds is 1. The number of nitrogens with one attached hydrogen (secondary N) is 1. The molecule has 1 fully saturated rings. The molecular weight excluding hydrogens is 294 g/mol. The van der Waals surface area contributed by atoms with Gasteiger partial charge in [0.2, 0.25) is 0 Å². The minimum Gasteiger partial charge on any atom is -0.378 e. The predicted octanol–water partition coefficient (Wildman–Crippen LogP) is 5.47. The van der Waals surface area contributed by atoms with E-state index in [-0.39, 0.29) is 6.10 Å². The zero-order valence-corrected chi connectivity index (χ0v) is 13.6. The maximum absolute atomic E-state index is 6.33. The van der Waals surface area contributed by atoms with E-state index in [1.807, 2.05) is 0 Å². The molecule has 2 aliphatic heterocycles. The minimum atomic E-state index is 0.186. The smallest absolute Gasteiger partial charge is 0.0901 e. The highest BCUT2D eigenvalue weighted by atomic mass is 16.5. The van der Waals surface area contributed by atoms with Crippen LogP contribution in [0.25, 0.3) is 10.8 Å². The van der Waals surface area contributed by atoms with Gasteiger partial charge < -0.3 is 10.1 Å². The summed E-state index contributed by atoms with van der Waals surface area (Å²) >= 11 is 0. The Morgan fingerprint density at radius 1 is 0.875 bits per heavy atom. The SMILES string of the molecule is c1ccc([C@@H]2Nc3ccc4ccccc4c3[C@H]3OCCC[C@H]32)cc1. The van der Waals surface area contributed by atoms with Crippen LogP contribution in [0.2, 0.25) is 0 Å². The molecule has 3 aromatic carbocycles. The van der Waals surface area contributed by atoms with Crippen LogP contribution in [-0.2, 0) is 4.74 Å². The molecule has 0 aromatic heterocycles. The molecule has 2 heteroatoms. The molecule has 0 aliphatic carbocycles. The fourth-order valence-corrected chi connectivity index (χ4v) is 4.44. The van der Waals surface area contributed by atoms with Gasteiger partial charge in [-0.05, 0) is 35.2 Å². The molecule has 2 nitrogen and oxygen atoms in total. The van der Waals surface area contributed by atoms with Gasteiger partial charge in [0.25, 0.3) is 0 Å². The molecule has 24 heavy (non-hydrogen) atoms. The Morgan fingerprint density at radius 3 is 2.62 bits per heavy atom. The topological polar surface area (TPSA) is 21.3 Å². The Hall–Kier alpha value is -2.32. The third-order valence-electron chi connectivity index (χ3n) is 5.52. The summed E-state index contributed by atoms with van der Waals surface area (Å²) in [4.78, 5) is 0. The van der Waals surface area contributed by atoms with E-state index in [0.717, 1.165) is 13.0 Å². The Kier molecular flexibility index (Phi) is 3.30. The Morgan fingerprint density at radius 2 is 1.71 bits per heavy atom. The summed E-state index contributed by atoms with van der Waals surface area (Å²) in [7, 11) is 0. The molecule has 0 bridgehead atoms. The van der Waals surface area contributed by atoms with Crippen molar-refractivity contribution in [2.45, 2.75) is 25.0 Å². The van der Waals surface area contributed by atoms with Crippen molar-refractivity contribution in [2.24, 2.45) is 5.92 Å². The van der Waals surface area contributed by atoms with Crippen molar-refractivity contribution in [2.75, 3.05) is 11.9 Å². The van der Waals surface area contributed by atoms with Crippen LogP contribution in [0, 0.1) is 5.92 Å². The van der Waals surface area contributed by atoms with Crippen molar-refractivity contribution in [3.63, 3.8) is 0 Å². The molecule has 0 unspecified atom stereocenters. The van der Waals surface area contributed by atoms with Gasteiger partial charge in [0.05, 0.1) is 12.1 Å². The number of fused-ring (bicyclic) bond motifs is 5. The average molecular weight is 315 g/mol. The number of hydrogen-bond donors (Lipinski definition) is 1. The summed E-state index contributed by atoms with van der Waals surface area (Å²) in [6, 6.07) is 24.2. The minimum absolute atomic E-state index is 0.186. The second kappa shape index (κ2) is 5.64. The van der Waals surface area contributed by atoms with Gasteiger partial charge in [-0.1, -0.05) is 60.7 Å². The Labute approximate surface area is 142 Å². The van der Waals surface area contributed by atoms with Gasteiger partial charge in [0.15, 0.2) is 0 Å². The van der Waals surface area contributed by atoms with Gasteiger partial charge >= 0.3 is 0 Å². The lowest BCUT2D eigenvalue weighted by atomic mass is 9.76. The first-order valence-corrected chi connectivity index (χ1v) is 8.86. The molecule has 0 spiro atoms. The summed E-state index contributed by atoms with van der Waals surface area (Å²) in [5.74, 6) is 0.486. The number of benzene rings is 3. The number of anilines is 1. The van der Waals surface area contributed by atoms with Crippen LogP contribution in [0.5, 0.6) is 0 Å². The third-order valence-corrected chi connectivity index (χ3v) is 5.52. The maximum atomic E-state index is 6.33. The van der Waals surface area contributed by atoms with E-state index in [9.17, 15) is 0 Å². The predicted molar refractivity (Wildman–Crippen MR) is 98.2 cm³/mol. The highest BCUT2D eigenvalue weighted by Gasteiger charge is 2.40. The molecule has 120 valence electrons. The van der Waals surface area contributed by atoms with E-state index in [1.54, 1.807) is 0 Å². The lowest BCUT2D eigenvalue weighted by Crippen LogP contribution is -2.36. The summed E-state index contributed by atoms with van der Waals surface area (Å²) < 4.78 is 6.33. The van der Waals surface area contributed by atoms with Crippen LogP contribution >= 0.6 is 0 Å². The Bertz CT molecular complexity index is 874. The van der Waals surface area contributed by atoms with Gasteiger partial charge in [0, 0.05) is 23.8 Å². The largest absolute Gasteiger partial charge is 0.378 e. The molecule has 3 aromatic rings. The van der Waals surface area contributed by atoms with Gasteiger partial charge in [-0.3, -0.25) is 0 Å². The van der Waals surface area contributed by atoms with Crippen molar-refractivity contribution in [3.8, 4) is 0 Å². The lowest BCUT2D eigenvalue weighted by Gasteiger charge is -2.44. The lowest BCUT2D eigenvalue weighted by molar-refractivity contribution is -0.0372. The molecule has 1 N–H and O–H groups in total. The van der Waals surface area contributed by atoms with E-state index in [2.05, 4.69) is 72.0 Å². The average Bonchev–Trinajstić information content (AvgIpc) is 2.67.